The number of rotatable bonds is 7. The molecule has 0 aliphatic carbocycles. The van der Waals surface area contributed by atoms with E-state index < -0.39 is 0 Å². The Morgan fingerprint density at radius 1 is 1.00 bits per heavy atom. The maximum absolute atomic E-state index is 12.7. The van der Waals surface area contributed by atoms with Crippen LogP contribution in [0.4, 0.5) is 5.69 Å². The van der Waals surface area contributed by atoms with Crippen molar-refractivity contribution in [2.24, 2.45) is 0 Å². The number of piperidine rings is 1. The van der Waals surface area contributed by atoms with E-state index in [4.69, 9.17) is 9.47 Å². The van der Waals surface area contributed by atoms with Gasteiger partial charge in [-0.15, -0.1) is 0 Å². The number of carbonyl (C=O) groups excluding carboxylic acids is 2. The van der Waals surface area contributed by atoms with Gasteiger partial charge in [0.05, 0.1) is 20.3 Å². The Labute approximate surface area is 177 Å². The van der Waals surface area contributed by atoms with Crippen molar-refractivity contribution >= 4 is 17.5 Å². The minimum atomic E-state index is -0.274. The quantitative estimate of drug-likeness (QED) is 0.732. The van der Waals surface area contributed by atoms with Crippen molar-refractivity contribution in [3.8, 4) is 11.5 Å². The summed E-state index contributed by atoms with van der Waals surface area (Å²) in [5.74, 6) is 1.06. The molecular formula is C23H29N3O4. The topological polar surface area (TPSA) is 79.9 Å². The van der Waals surface area contributed by atoms with Gasteiger partial charge in [-0.05, 0) is 44.0 Å². The van der Waals surface area contributed by atoms with Gasteiger partial charge in [-0.3, -0.25) is 14.5 Å². The highest BCUT2D eigenvalue weighted by Gasteiger charge is 2.27. The Kier molecular flexibility index (Phi) is 7.30. The van der Waals surface area contributed by atoms with Gasteiger partial charge < -0.3 is 20.1 Å². The van der Waals surface area contributed by atoms with E-state index in [1.54, 1.807) is 32.4 Å². The highest BCUT2D eigenvalue weighted by Crippen LogP contribution is 2.30. The Balaban J connectivity index is 1.50. The number of ether oxygens (including phenoxy) is 2. The summed E-state index contributed by atoms with van der Waals surface area (Å²) in [4.78, 5) is 27.2. The molecule has 0 saturated carbocycles. The van der Waals surface area contributed by atoms with Gasteiger partial charge in [-0.1, -0.05) is 18.2 Å². The van der Waals surface area contributed by atoms with Gasteiger partial charge in [0.2, 0.25) is 5.91 Å². The Hall–Kier alpha value is -3.06. The van der Waals surface area contributed by atoms with E-state index in [1.165, 1.54) is 0 Å². The molecule has 0 radical (unpaired) electrons. The highest BCUT2D eigenvalue weighted by molar-refractivity contribution is 5.95. The lowest BCUT2D eigenvalue weighted by molar-refractivity contribution is -0.121. The summed E-state index contributed by atoms with van der Waals surface area (Å²) in [6.45, 7) is 3.40. The van der Waals surface area contributed by atoms with Gasteiger partial charge in [-0.2, -0.15) is 0 Å². The van der Waals surface area contributed by atoms with E-state index in [2.05, 4.69) is 15.5 Å². The molecular weight excluding hydrogens is 382 g/mol. The van der Waals surface area contributed by atoms with Crippen LogP contribution in [0.25, 0.3) is 0 Å². The number of nitrogens with zero attached hydrogens (tertiary/aromatic N) is 1. The molecule has 0 bridgehead atoms. The third-order valence-electron chi connectivity index (χ3n) is 5.48. The van der Waals surface area contributed by atoms with Gasteiger partial charge in [-0.25, -0.2) is 0 Å². The number of likely N-dealkylation sites (tertiary alicyclic amines) is 1. The van der Waals surface area contributed by atoms with E-state index in [-0.39, 0.29) is 23.9 Å². The molecule has 0 aromatic heterocycles. The lowest BCUT2D eigenvalue weighted by atomic mass is 10.0. The second-order valence-electron chi connectivity index (χ2n) is 7.38. The fraction of sp³-hybridized carbons (Fsp3) is 0.391. The summed E-state index contributed by atoms with van der Waals surface area (Å²) in [5, 5.41) is 6.04. The van der Waals surface area contributed by atoms with Gasteiger partial charge in [0.1, 0.15) is 0 Å². The lowest BCUT2D eigenvalue weighted by Gasteiger charge is -2.35. The van der Waals surface area contributed by atoms with Crippen molar-refractivity contribution in [1.82, 2.24) is 10.2 Å². The summed E-state index contributed by atoms with van der Waals surface area (Å²) in [7, 11) is 3.14. The SMILES string of the molecule is COc1ccc(NC(=O)C(C)N2CCC(NC(=O)c3ccccc3)CC2)cc1OC. The molecule has 1 saturated heterocycles. The molecule has 1 aliphatic rings. The van der Waals surface area contributed by atoms with Crippen molar-refractivity contribution in [2.45, 2.75) is 31.8 Å². The molecule has 3 rings (SSSR count). The third-order valence-corrected chi connectivity index (χ3v) is 5.48. The zero-order chi connectivity index (χ0) is 21.5. The number of anilines is 1. The average Bonchev–Trinajstić information content (AvgIpc) is 2.79. The molecule has 7 nitrogen and oxygen atoms in total. The van der Waals surface area contributed by atoms with Crippen LogP contribution in [0.2, 0.25) is 0 Å². The standard InChI is InChI=1S/C23H29N3O4/c1-16(22(27)25-19-9-10-20(29-2)21(15-19)30-3)26-13-11-18(12-14-26)24-23(28)17-7-5-4-6-8-17/h4-10,15-16,18H,11-14H2,1-3H3,(H,24,28)(H,25,27). The van der Waals surface area contributed by atoms with E-state index in [0.717, 1.165) is 25.9 Å². The third kappa shape index (κ3) is 5.30. The van der Waals surface area contributed by atoms with Gasteiger partial charge >= 0.3 is 0 Å². The van der Waals surface area contributed by atoms with Crippen LogP contribution in [0.3, 0.4) is 0 Å². The largest absolute Gasteiger partial charge is 0.493 e. The first-order valence-corrected chi connectivity index (χ1v) is 10.1. The molecule has 2 aromatic carbocycles. The lowest BCUT2D eigenvalue weighted by Crippen LogP contribution is -2.50. The van der Waals surface area contributed by atoms with Crippen LogP contribution >= 0.6 is 0 Å². The van der Waals surface area contributed by atoms with Crippen molar-refractivity contribution < 1.29 is 19.1 Å². The van der Waals surface area contributed by atoms with Crippen LogP contribution in [-0.2, 0) is 4.79 Å². The number of nitrogens with one attached hydrogen (secondary N) is 2. The number of carbonyl (C=O) groups is 2. The number of hydrogen-bond acceptors (Lipinski definition) is 5. The molecule has 2 N–H and O–H groups in total. The Morgan fingerprint density at radius 3 is 2.30 bits per heavy atom. The second-order valence-corrected chi connectivity index (χ2v) is 7.38. The van der Waals surface area contributed by atoms with Crippen LogP contribution in [0, 0.1) is 0 Å². The molecule has 160 valence electrons. The maximum Gasteiger partial charge on any atom is 0.251 e. The first kappa shape index (κ1) is 21.6. The number of benzene rings is 2. The van der Waals surface area contributed by atoms with Crippen LogP contribution in [0.5, 0.6) is 11.5 Å². The summed E-state index contributed by atoms with van der Waals surface area (Å²) in [5.41, 5.74) is 1.33. The predicted molar refractivity (Wildman–Crippen MR) is 116 cm³/mol. The predicted octanol–water partition coefficient (Wildman–Crippen LogP) is 2.93. The molecule has 1 aliphatic heterocycles. The molecule has 1 heterocycles. The zero-order valence-corrected chi connectivity index (χ0v) is 17.7. The van der Waals surface area contributed by atoms with Gasteiger partial charge in [0.25, 0.3) is 5.91 Å². The van der Waals surface area contributed by atoms with E-state index in [0.29, 0.717) is 22.7 Å². The van der Waals surface area contributed by atoms with Crippen LogP contribution in [0.1, 0.15) is 30.1 Å². The molecule has 1 unspecified atom stereocenters. The summed E-state index contributed by atoms with van der Waals surface area (Å²) < 4.78 is 10.5. The summed E-state index contributed by atoms with van der Waals surface area (Å²) in [6, 6.07) is 14.4. The molecule has 7 heteroatoms. The minimum Gasteiger partial charge on any atom is -0.493 e. The number of amides is 2. The van der Waals surface area contributed by atoms with Crippen LogP contribution in [0.15, 0.2) is 48.5 Å². The fourth-order valence-electron chi connectivity index (χ4n) is 3.62. The maximum atomic E-state index is 12.7. The fourth-order valence-corrected chi connectivity index (χ4v) is 3.62. The van der Waals surface area contributed by atoms with Gasteiger partial charge in [0.15, 0.2) is 11.5 Å². The average molecular weight is 412 g/mol. The molecule has 2 amide bonds. The molecule has 2 aromatic rings. The van der Waals surface area contributed by atoms with Crippen molar-refractivity contribution in [3.63, 3.8) is 0 Å². The Bertz CT molecular complexity index is 864. The van der Waals surface area contributed by atoms with E-state index in [9.17, 15) is 9.59 Å². The van der Waals surface area contributed by atoms with E-state index >= 15 is 0 Å². The zero-order valence-electron chi connectivity index (χ0n) is 17.7. The summed E-state index contributed by atoms with van der Waals surface area (Å²) >= 11 is 0. The first-order valence-electron chi connectivity index (χ1n) is 10.1. The van der Waals surface area contributed by atoms with Crippen molar-refractivity contribution in [2.75, 3.05) is 32.6 Å². The minimum absolute atomic E-state index is 0.0479. The molecule has 1 fully saturated rings. The normalized spacial score (nSPS) is 15.8. The highest BCUT2D eigenvalue weighted by atomic mass is 16.5. The summed E-state index contributed by atoms with van der Waals surface area (Å²) in [6.07, 6.45) is 1.62. The van der Waals surface area contributed by atoms with Gasteiger partial charge in [0, 0.05) is 36.4 Å². The molecule has 1 atom stereocenters. The van der Waals surface area contributed by atoms with E-state index in [1.807, 2.05) is 37.3 Å². The van der Waals surface area contributed by atoms with Crippen molar-refractivity contribution in [1.29, 1.82) is 0 Å². The van der Waals surface area contributed by atoms with Crippen LogP contribution in [-0.4, -0.2) is 56.1 Å². The van der Waals surface area contributed by atoms with Crippen molar-refractivity contribution in [3.05, 3.63) is 54.1 Å². The number of hydrogen-bond donors (Lipinski definition) is 2. The Morgan fingerprint density at radius 2 is 1.67 bits per heavy atom. The van der Waals surface area contributed by atoms with Crippen LogP contribution < -0.4 is 20.1 Å². The smallest absolute Gasteiger partial charge is 0.251 e. The number of methoxy groups -OCH3 is 2. The molecule has 0 spiro atoms. The molecule has 30 heavy (non-hydrogen) atoms. The second kappa shape index (κ2) is 10.1. The first-order chi connectivity index (χ1) is 14.5. The monoisotopic (exact) mass is 411 g/mol.